The van der Waals surface area contributed by atoms with Crippen molar-refractivity contribution in [3.63, 3.8) is 0 Å². The van der Waals surface area contributed by atoms with Crippen LogP contribution >= 0.6 is 0 Å². The Labute approximate surface area is 175 Å². The predicted octanol–water partition coefficient (Wildman–Crippen LogP) is 1.54. The number of pyridine rings is 2. The summed E-state index contributed by atoms with van der Waals surface area (Å²) in [6, 6.07) is 2.82. The minimum Gasteiger partial charge on any atom is -0.263 e. The maximum atomic E-state index is 13.1. The molecule has 10 nitrogen and oxygen atoms in total. The number of aromatic nitrogens is 2. The zero-order valence-electron chi connectivity index (χ0n) is 14.9. The van der Waals surface area contributed by atoms with E-state index in [9.17, 15) is 52.8 Å². The number of anilines is 2. The molecule has 0 saturated heterocycles. The van der Waals surface area contributed by atoms with Crippen molar-refractivity contribution >= 4 is 43.2 Å². The number of alkyl halides is 6. The van der Waals surface area contributed by atoms with E-state index in [0.717, 1.165) is 24.5 Å². The average molecular weight is 506 g/mol. The summed E-state index contributed by atoms with van der Waals surface area (Å²) < 4.78 is 124. The highest BCUT2D eigenvalue weighted by Crippen LogP contribution is 2.34. The molecule has 0 aliphatic rings. The smallest absolute Gasteiger partial charge is 0.263 e. The van der Waals surface area contributed by atoms with Crippen LogP contribution in [0.2, 0.25) is 0 Å². The number of halogens is 6. The molecule has 2 heterocycles. The summed E-state index contributed by atoms with van der Waals surface area (Å²) in [4.78, 5) is 31.6. The van der Waals surface area contributed by atoms with Gasteiger partial charge in [0.05, 0.1) is 23.8 Å². The Hall–Kier alpha value is -3.28. The summed E-state index contributed by atoms with van der Waals surface area (Å²) in [7, 11) is -13.5. The van der Waals surface area contributed by atoms with Gasteiger partial charge < -0.3 is 0 Å². The highest BCUT2D eigenvalue weighted by molar-refractivity contribution is 7.95. The van der Waals surface area contributed by atoms with Gasteiger partial charge in [0, 0.05) is 12.4 Å². The molecular formula is C14H8F6N4O6S2. The number of rotatable bonds is 4. The third-order valence-corrected chi connectivity index (χ3v) is 6.26. The van der Waals surface area contributed by atoms with Gasteiger partial charge in [-0.1, -0.05) is 0 Å². The van der Waals surface area contributed by atoms with Gasteiger partial charge in [0.2, 0.25) is 0 Å². The molecule has 0 unspecified atom stereocenters. The second-order valence-corrected chi connectivity index (χ2v) is 9.02. The van der Waals surface area contributed by atoms with E-state index >= 15 is 0 Å². The third-order valence-electron chi connectivity index (χ3n) is 3.38. The Morgan fingerprint density at radius 2 is 1.00 bits per heavy atom. The van der Waals surface area contributed by atoms with Gasteiger partial charge >= 0.3 is 42.9 Å². The van der Waals surface area contributed by atoms with Gasteiger partial charge in [-0.25, -0.2) is 0 Å². The molecule has 0 fully saturated rings. The highest BCUT2D eigenvalue weighted by Gasteiger charge is 2.58. The minimum absolute atomic E-state index is 0.376. The molecule has 2 aromatic heterocycles. The first-order valence-electron chi connectivity index (χ1n) is 7.65. The van der Waals surface area contributed by atoms with Crippen molar-refractivity contribution in [2.24, 2.45) is 0 Å². The van der Waals surface area contributed by atoms with Crippen LogP contribution in [0.5, 0.6) is 0 Å². The molecule has 0 aliphatic heterocycles. The summed E-state index contributed by atoms with van der Waals surface area (Å²) in [5.41, 5.74) is -14.8. The number of carbonyl (C=O) groups is 2. The van der Waals surface area contributed by atoms with Gasteiger partial charge in [-0.05, 0) is 24.3 Å². The molecule has 2 amide bonds. The minimum atomic E-state index is -6.73. The number of hydrogen-bond acceptors (Lipinski definition) is 8. The number of sulfonamides is 2. The van der Waals surface area contributed by atoms with E-state index in [1.165, 1.54) is 0 Å². The van der Waals surface area contributed by atoms with E-state index in [2.05, 4.69) is 9.97 Å². The van der Waals surface area contributed by atoms with Crippen LogP contribution in [0.1, 0.15) is 0 Å². The zero-order chi connectivity index (χ0) is 24.5. The molecule has 0 radical (unpaired) electrons. The van der Waals surface area contributed by atoms with Gasteiger partial charge in [-0.3, -0.25) is 19.6 Å². The molecular weight excluding hydrogens is 498 g/mol. The molecule has 0 aromatic carbocycles. The standard InChI is InChI=1S/C14H8F6N4O6S2/c15-13(16,17)31(27,28)23(9-3-1-5-21-7-9)11(25)12(26)24(10-4-2-6-22-8-10)32(29,30)14(18,19)20/h1-8H. The van der Waals surface area contributed by atoms with Crippen LogP contribution in [0.25, 0.3) is 0 Å². The number of nitrogens with zero attached hydrogens (tertiary/aromatic N) is 4. The predicted molar refractivity (Wildman–Crippen MR) is 93.4 cm³/mol. The topological polar surface area (TPSA) is 135 Å². The fourth-order valence-corrected chi connectivity index (χ4v) is 3.84. The van der Waals surface area contributed by atoms with E-state index < -0.39 is 62.9 Å². The number of amides is 2. The Morgan fingerprint density at radius 1 is 0.688 bits per heavy atom. The Bertz CT molecular complexity index is 1120. The van der Waals surface area contributed by atoms with Crippen molar-refractivity contribution < 1.29 is 52.8 Å². The highest BCUT2D eigenvalue weighted by atomic mass is 32.2. The van der Waals surface area contributed by atoms with Gasteiger partial charge in [0.15, 0.2) is 0 Å². The van der Waals surface area contributed by atoms with Crippen molar-refractivity contribution in [2.45, 2.75) is 11.0 Å². The second-order valence-electron chi connectivity index (χ2n) is 5.46. The van der Waals surface area contributed by atoms with Gasteiger partial charge in [-0.15, -0.1) is 0 Å². The maximum Gasteiger partial charge on any atom is 0.517 e. The number of hydrogen-bond donors (Lipinski definition) is 0. The first kappa shape index (κ1) is 25.0. The molecule has 0 N–H and O–H groups in total. The SMILES string of the molecule is O=C(C(=O)N(c1cccnc1)S(=O)(=O)C(F)(F)F)N(c1cccnc1)S(=O)(=O)C(F)(F)F. The van der Waals surface area contributed by atoms with E-state index in [1.807, 2.05) is 0 Å². The van der Waals surface area contributed by atoms with Crippen LogP contribution in [0.15, 0.2) is 49.1 Å². The fourth-order valence-electron chi connectivity index (χ4n) is 2.06. The van der Waals surface area contributed by atoms with Crippen LogP contribution in [0.3, 0.4) is 0 Å². The molecule has 0 bridgehead atoms. The monoisotopic (exact) mass is 506 g/mol. The molecule has 0 aliphatic carbocycles. The summed E-state index contributed by atoms with van der Waals surface area (Å²) in [6.45, 7) is 0. The van der Waals surface area contributed by atoms with Crippen molar-refractivity contribution in [1.82, 2.24) is 9.97 Å². The van der Waals surface area contributed by atoms with Crippen LogP contribution in [0, 0.1) is 0 Å². The molecule has 2 aromatic rings. The lowest BCUT2D eigenvalue weighted by atomic mass is 10.4. The van der Waals surface area contributed by atoms with E-state index in [1.54, 1.807) is 0 Å². The molecule has 0 spiro atoms. The van der Waals surface area contributed by atoms with Gasteiger partial charge in [0.25, 0.3) is 0 Å². The molecule has 0 atom stereocenters. The first-order valence-corrected chi connectivity index (χ1v) is 10.5. The average Bonchev–Trinajstić information content (AvgIpc) is 2.67. The fraction of sp³-hybridized carbons (Fsp3) is 0.143. The van der Waals surface area contributed by atoms with Crippen LogP contribution < -0.4 is 8.61 Å². The summed E-state index contributed by atoms with van der Waals surface area (Å²) in [5.74, 6) is -5.57. The van der Waals surface area contributed by atoms with Crippen molar-refractivity contribution in [1.29, 1.82) is 0 Å². The second kappa shape index (κ2) is 8.34. The van der Waals surface area contributed by atoms with Crippen molar-refractivity contribution in [3.8, 4) is 0 Å². The quantitative estimate of drug-likeness (QED) is 0.450. The van der Waals surface area contributed by atoms with Crippen LogP contribution in [-0.2, 0) is 29.6 Å². The molecule has 174 valence electrons. The van der Waals surface area contributed by atoms with E-state index in [0.29, 0.717) is 24.5 Å². The van der Waals surface area contributed by atoms with Gasteiger partial charge in [-0.2, -0.15) is 51.8 Å². The van der Waals surface area contributed by atoms with E-state index in [-0.39, 0.29) is 0 Å². The third kappa shape index (κ3) is 4.49. The molecule has 18 heteroatoms. The zero-order valence-corrected chi connectivity index (χ0v) is 16.6. The summed E-state index contributed by atoms with van der Waals surface area (Å²) >= 11 is 0. The van der Waals surface area contributed by atoms with Crippen LogP contribution in [-0.4, -0.2) is 49.6 Å². The largest absolute Gasteiger partial charge is 0.517 e. The lowest BCUT2D eigenvalue weighted by Crippen LogP contribution is -2.54. The van der Waals surface area contributed by atoms with Gasteiger partial charge in [0.1, 0.15) is 0 Å². The molecule has 32 heavy (non-hydrogen) atoms. The first-order chi connectivity index (χ1) is 14.5. The van der Waals surface area contributed by atoms with Crippen molar-refractivity contribution in [3.05, 3.63) is 49.1 Å². The maximum absolute atomic E-state index is 13.1. The van der Waals surface area contributed by atoms with Crippen LogP contribution in [0.4, 0.5) is 37.7 Å². The molecule has 2 rings (SSSR count). The summed E-state index contributed by atoms with van der Waals surface area (Å²) in [5, 5.41) is 0. The Balaban J connectivity index is 2.75. The lowest BCUT2D eigenvalue weighted by Gasteiger charge is -2.27. The Morgan fingerprint density at radius 3 is 1.22 bits per heavy atom. The Kier molecular flexibility index (Phi) is 6.51. The van der Waals surface area contributed by atoms with E-state index in [4.69, 9.17) is 0 Å². The molecule has 0 saturated carbocycles. The van der Waals surface area contributed by atoms with Crippen molar-refractivity contribution in [2.75, 3.05) is 8.61 Å². The normalized spacial score (nSPS) is 12.8. The summed E-state index contributed by atoms with van der Waals surface area (Å²) in [6.07, 6.45) is 2.62. The number of carbonyl (C=O) groups excluding carboxylic acids is 2. The lowest BCUT2D eigenvalue weighted by molar-refractivity contribution is -0.135.